The van der Waals surface area contributed by atoms with E-state index in [0.29, 0.717) is 22.9 Å². The van der Waals surface area contributed by atoms with Crippen LogP contribution in [0.1, 0.15) is 55.8 Å². The van der Waals surface area contributed by atoms with Crippen molar-refractivity contribution >= 4 is 34.8 Å². The zero-order valence-electron chi connectivity index (χ0n) is 17.9. The Hall–Kier alpha value is -2.73. The van der Waals surface area contributed by atoms with Crippen LogP contribution >= 0.6 is 11.6 Å². The van der Waals surface area contributed by atoms with E-state index in [9.17, 15) is 9.59 Å². The summed E-state index contributed by atoms with van der Waals surface area (Å²) in [5.41, 5.74) is 1.70. The first-order chi connectivity index (χ1) is 15.0. The molecule has 1 saturated carbocycles. The number of hydrogen-bond acceptors (Lipinski definition) is 4. The first-order valence-corrected chi connectivity index (χ1v) is 11.3. The fraction of sp³-hybridized carbons (Fsp3) is 0.417. The molecule has 0 bridgehead atoms. The molecule has 3 N–H and O–H groups in total. The molecule has 1 aliphatic rings. The Labute approximate surface area is 188 Å². The lowest BCUT2D eigenvalue weighted by Crippen LogP contribution is -2.36. The zero-order valence-corrected chi connectivity index (χ0v) is 18.6. The lowest BCUT2D eigenvalue weighted by molar-refractivity contribution is -0.114. The molecule has 0 spiro atoms. The monoisotopic (exact) mass is 443 g/mol. The number of rotatable bonds is 9. The van der Waals surface area contributed by atoms with Gasteiger partial charge in [0.15, 0.2) is 0 Å². The number of nitrogens with one attached hydrogen (secondary N) is 3. The Kier molecular flexibility index (Phi) is 8.59. The first-order valence-electron chi connectivity index (χ1n) is 10.9. The number of carbonyl (C=O) groups is 2. The van der Waals surface area contributed by atoms with Gasteiger partial charge in [-0.15, -0.1) is 0 Å². The molecule has 0 aliphatic heterocycles. The maximum absolute atomic E-state index is 12.7. The number of benzene rings is 2. The van der Waals surface area contributed by atoms with E-state index < -0.39 is 0 Å². The van der Waals surface area contributed by atoms with Crippen LogP contribution < -0.4 is 20.7 Å². The maximum atomic E-state index is 12.7. The van der Waals surface area contributed by atoms with Crippen LogP contribution in [-0.2, 0) is 4.79 Å². The number of carbonyl (C=O) groups excluding carboxylic acids is 2. The Morgan fingerprint density at radius 1 is 1.06 bits per heavy atom. The van der Waals surface area contributed by atoms with Crippen molar-refractivity contribution in [2.75, 3.05) is 23.8 Å². The normalized spacial score (nSPS) is 14.0. The highest BCUT2D eigenvalue weighted by molar-refractivity contribution is 6.34. The van der Waals surface area contributed by atoms with E-state index in [1.165, 1.54) is 6.42 Å². The summed E-state index contributed by atoms with van der Waals surface area (Å²) in [5, 5.41) is 9.33. The van der Waals surface area contributed by atoms with Crippen LogP contribution in [0.2, 0.25) is 5.02 Å². The first kappa shape index (κ1) is 22.9. The molecule has 0 unspecified atom stereocenters. The average molecular weight is 444 g/mol. The molecule has 2 aromatic rings. The van der Waals surface area contributed by atoms with Gasteiger partial charge in [0.2, 0.25) is 5.91 Å². The third-order valence-electron chi connectivity index (χ3n) is 5.20. The second-order valence-corrected chi connectivity index (χ2v) is 8.19. The lowest BCUT2D eigenvalue weighted by Gasteiger charge is -2.23. The summed E-state index contributed by atoms with van der Waals surface area (Å²) in [6.45, 7) is 2.79. The number of hydrogen-bond donors (Lipinski definition) is 3. The molecule has 0 aromatic heterocycles. The van der Waals surface area contributed by atoms with Gasteiger partial charge in [-0.05, 0) is 49.6 Å². The van der Waals surface area contributed by atoms with Crippen LogP contribution in [-0.4, -0.2) is 31.0 Å². The fourth-order valence-electron chi connectivity index (χ4n) is 3.59. The number of amides is 2. The Bertz CT molecular complexity index is 897. The van der Waals surface area contributed by atoms with Crippen molar-refractivity contribution in [1.29, 1.82) is 0 Å². The van der Waals surface area contributed by atoms with Gasteiger partial charge >= 0.3 is 0 Å². The standard InChI is InChI=1S/C24H30ClN3O3/c1-2-13-31-20-10-6-9-18(14-20)26-16-23(29)27-19-11-12-22(25)21(15-19)24(30)28-17-7-4-3-5-8-17/h6,9-12,14-15,17,26H,2-5,7-8,13,16H2,1H3,(H,27,29)(H,28,30). The molecule has 0 saturated heterocycles. The number of anilines is 2. The summed E-state index contributed by atoms with van der Waals surface area (Å²) in [5.74, 6) is 0.342. The maximum Gasteiger partial charge on any atom is 0.253 e. The van der Waals surface area contributed by atoms with Gasteiger partial charge in [-0.25, -0.2) is 0 Å². The smallest absolute Gasteiger partial charge is 0.253 e. The lowest BCUT2D eigenvalue weighted by atomic mass is 9.95. The van der Waals surface area contributed by atoms with Crippen molar-refractivity contribution in [3.63, 3.8) is 0 Å². The molecule has 1 aliphatic carbocycles. The molecular weight excluding hydrogens is 414 g/mol. The molecule has 31 heavy (non-hydrogen) atoms. The predicted molar refractivity (Wildman–Crippen MR) is 125 cm³/mol. The summed E-state index contributed by atoms with van der Waals surface area (Å²) in [6.07, 6.45) is 6.41. The van der Waals surface area contributed by atoms with Crippen LogP contribution in [0.4, 0.5) is 11.4 Å². The predicted octanol–water partition coefficient (Wildman–Crippen LogP) is 5.24. The molecule has 6 nitrogen and oxygen atoms in total. The third-order valence-corrected chi connectivity index (χ3v) is 5.52. The van der Waals surface area contributed by atoms with Gasteiger partial charge in [0.25, 0.3) is 5.91 Å². The van der Waals surface area contributed by atoms with Gasteiger partial charge in [-0.2, -0.15) is 0 Å². The Balaban J connectivity index is 1.55. The highest BCUT2D eigenvalue weighted by atomic mass is 35.5. The van der Waals surface area contributed by atoms with E-state index in [2.05, 4.69) is 16.0 Å². The number of halogens is 1. The summed E-state index contributed by atoms with van der Waals surface area (Å²) >= 11 is 6.24. The average Bonchev–Trinajstić information content (AvgIpc) is 2.78. The van der Waals surface area contributed by atoms with Gasteiger partial charge in [0.05, 0.1) is 23.7 Å². The number of ether oxygens (including phenoxy) is 1. The summed E-state index contributed by atoms with van der Waals surface area (Å²) in [4.78, 5) is 25.0. The van der Waals surface area contributed by atoms with Gasteiger partial charge in [-0.1, -0.05) is 43.9 Å². The van der Waals surface area contributed by atoms with Crippen molar-refractivity contribution in [3.05, 3.63) is 53.1 Å². The molecule has 1 fully saturated rings. The molecule has 166 valence electrons. The zero-order chi connectivity index (χ0) is 22.1. The van der Waals surface area contributed by atoms with Crippen molar-refractivity contribution < 1.29 is 14.3 Å². The van der Waals surface area contributed by atoms with E-state index in [1.807, 2.05) is 31.2 Å². The molecule has 7 heteroatoms. The minimum Gasteiger partial charge on any atom is -0.494 e. The quantitative estimate of drug-likeness (QED) is 0.495. The van der Waals surface area contributed by atoms with Crippen molar-refractivity contribution in [1.82, 2.24) is 5.32 Å². The Morgan fingerprint density at radius 2 is 1.87 bits per heavy atom. The molecule has 2 aromatic carbocycles. The van der Waals surface area contributed by atoms with Crippen LogP contribution in [0, 0.1) is 0 Å². The molecule has 2 amide bonds. The fourth-order valence-corrected chi connectivity index (χ4v) is 3.79. The summed E-state index contributed by atoms with van der Waals surface area (Å²) in [6, 6.07) is 12.6. The minimum absolute atomic E-state index is 0.0868. The topological polar surface area (TPSA) is 79.5 Å². The van der Waals surface area contributed by atoms with Crippen LogP contribution in [0.15, 0.2) is 42.5 Å². The summed E-state index contributed by atoms with van der Waals surface area (Å²) in [7, 11) is 0. The van der Waals surface area contributed by atoms with Crippen molar-refractivity contribution in [2.24, 2.45) is 0 Å². The van der Waals surface area contributed by atoms with Crippen molar-refractivity contribution in [3.8, 4) is 5.75 Å². The van der Waals surface area contributed by atoms with Gasteiger partial charge in [0, 0.05) is 23.5 Å². The largest absolute Gasteiger partial charge is 0.494 e. The van der Waals surface area contributed by atoms with E-state index in [1.54, 1.807) is 18.2 Å². The molecule has 3 rings (SSSR count). The van der Waals surface area contributed by atoms with E-state index in [0.717, 1.165) is 43.5 Å². The molecular formula is C24H30ClN3O3. The highest BCUT2D eigenvalue weighted by Gasteiger charge is 2.19. The Morgan fingerprint density at radius 3 is 2.65 bits per heavy atom. The van der Waals surface area contributed by atoms with E-state index in [4.69, 9.17) is 16.3 Å². The van der Waals surface area contributed by atoms with Crippen molar-refractivity contribution in [2.45, 2.75) is 51.5 Å². The molecule has 0 radical (unpaired) electrons. The summed E-state index contributed by atoms with van der Waals surface area (Å²) < 4.78 is 5.61. The van der Waals surface area contributed by atoms with E-state index >= 15 is 0 Å². The highest BCUT2D eigenvalue weighted by Crippen LogP contribution is 2.23. The molecule has 0 atom stereocenters. The van der Waals surface area contributed by atoms with Crippen LogP contribution in [0.25, 0.3) is 0 Å². The molecule has 0 heterocycles. The third kappa shape index (κ3) is 7.17. The van der Waals surface area contributed by atoms with Gasteiger partial charge in [-0.3, -0.25) is 9.59 Å². The second-order valence-electron chi connectivity index (χ2n) is 7.78. The van der Waals surface area contributed by atoms with Gasteiger partial charge in [0.1, 0.15) is 5.75 Å². The minimum atomic E-state index is -0.221. The van der Waals surface area contributed by atoms with E-state index in [-0.39, 0.29) is 24.4 Å². The van der Waals surface area contributed by atoms with Crippen LogP contribution in [0.5, 0.6) is 5.75 Å². The second kappa shape index (κ2) is 11.6. The van der Waals surface area contributed by atoms with Crippen LogP contribution in [0.3, 0.4) is 0 Å². The SMILES string of the molecule is CCCOc1cccc(NCC(=O)Nc2ccc(Cl)c(C(=O)NC3CCCCC3)c2)c1. The van der Waals surface area contributed by atoms with Gasteiger partial charge < -0.3 is 20.7 Å².